The molecule has 0 fully saturated rings. The number of aldehydes is 1. The molecule has 0 saturated heterocycles. The highest BCUT2D eigenvalue weighted by atomic mass is 16.1. The lowest BCUT2D eigenvalue weighted by molar-refractivity contribution is -0.110. The Bertz CT molecular complexity index is 1180. The Kier molecular flexibility index (Phi) is 11.2. The van der Waals surface area contributed by atoms with E-state index in [0.29, 0.717) is 6.54 Å². The minimum atomic E-state index is -0.167. The third-order valence-corrected chi connectivity index (χ3v) is 6.03. The molecule has 0 spiro atoms. The van der Waals surface area contributed by atoms with Crippen LogP contribution >= 0.6 is 0 Å². The molecule has 0 saturated carbocycles. The summed E-state index contributed by atoms with van der Waals surface area (Å²) in [4.78, 5) is 16.4. The second-order valence-electron chi connectivity index (χ2n) is 10.4. The Hall–Kier alpha value is -3.26. The fourth-order valence-corrected chi connectivity index (χ4v) is 4.49. The van der Waals surface area contributed by atoms with E-state index >= 15 is 0 Å². The van der Waals surface area contributed by atoms with Crippen LogP contribution in [0.2, 0.25) is 0 Å². The van der Waals surface area contributed by atoms with Gasteiger partial charge >= 0.3 is 0 Å². The first-order chi connectivity index (χ1) is 17.5. The number of hydrogen-bond donors (Lipinski definition) is 3. The molecule has 7 heteroatoms. The molecule has 0 radical (unpaired) electrons. The summed E-state index contributed by atoms with van der Waals surface area (Å²) in [6.07, 6.45) is 2.39. The average Bonchev–Trinajstić information content (AvgIpc) is 3.08. The molecule has 1 aliphatic rings. The summed E-state index contributed by atoms with van der Waals surface area (Å²) in [6, 6.07) is 21.9. The smallest absolute Gasteiger partial charge is 0.185 e. The largest absolute Gasteiger partial charge is 0.370 e. The molecule has 0 aromatic heterocycles. The minimum Gasteiger partial charge on any atom is -0.370 e. The second-order valence-corrected chi connectivity index (χ2v) is 10.4. The van der Waals surface area contributed by atoms with Crippen molar-refractivity contribution in [1.29, 1.82) is 0 Å². The number of aliphatic imine (C=N–C) groups is 1. The molecule has 3 aromatic rings. The number of benzene rings is 3. The van der Waals surface area contributed by atoms with Crippen LogP contribution in [-0.4, -0.2) is 70.0 Å². The van der Waals surface area contributed by atoms with E-state index in [2.05, 4.69) is 84.9 Å². The molecule has 37 heavy (non-hydrogen) atoms. The van der Waals surface area contributed by atoms with Gasteiger partial charge in [-0.1, -0.05) is 74.5 Å². The van der Waals surface area contributed by atoms with E-state index in [1.165, 1.54) is 33.0 Å². The van der Waals surface area contributed by atoms with Crippen LogP contribution < -0.4 is 16.9 Å². The molecule has 5 N–H and O–H groups in total. The highest BCUT2D eigenvalue weighted by Gasteiger charge is 2.35. The topological polar surface area (TPSA) is 100.0 Å². The van der Waals surface area contributed by atoms with Crippen LogP contribution in [0, 0.1) is 0 Å². The number of hydrogen-bond acceptors (Lipinski definition) is 5. The molecule has 0 amide bonds. The third-order valence-electron chi connectivity index (χ3n) is 6.03. The predicted molar refractivity (Wildman–Crippen MR) is 158 cm³/mol. The Morgan fingerprint density at radius 1 is 0.946 bits per heavy atom. The summed E-state index contributed by atoms with van der Waals surface area (Å²) < 4.78 is 0. The summed E-state index contributed by atoms with van der Waals surface area (Å²) in [5.74, 6) is 0.0909. The van der Waals surface area contributed by atoms with Crippen LogP contribution in [0.4, 0.5) is 0 Å². The maximum atomic E-state index is 10.6. The zero-order valence-electron chi connectivity index (χ0n) is 23.5. The van der Waals surface area contributed by atoms with Gasteiger partial charge in [-0.25, -0.2) is 10.4 Å². The van der Waals surface area contributed by atoms with E-state index in [-0.39, 0.29) is 17.4 Å². The summed E-state index contributed by atoms with van der Waals surface area (Å²) in [5.41, 5.74) is 19.1. The number of guanidine groups is 1. The lowest BCUT2D eigenvalue weighted by Crippen LogP contribution is -2.40. The fourth-order valence-electron chi connectivity index (χ4n) is 4.49. The monoisotopic (exact) mass is 504 g/mol. The van der Waals surface area contributed by atoms with Gasteiger partial charge < -0.3 is 21.2 Å². The number of hydrazine groups is 1. The molecule has 0 aliphatic heterocycles. The summed E-state index contributed by atoms with van der Waals surface area (Å²) in [6.45, 7) is 5.21. The van der Waals surface area contributed by atoms with E-state index in [9.17, 15) is 4.79 Å². The molecule has 0 bridgehead atoms. The predicted octanol–water partition coefficient (Wildman–Crippen LogP) is 4.00. The van der Waals surface area contributed by atoms with Gasteiger partial charge in [0.05, 0.1) is 6.04 Å². The number of carbonyl (C=O) groups excluding carboxylic acids is 1. The first-order valence-electron chi connectivity index (χ1n) is 12.7. The standard InChI is InChI=1S/C19H16.C8H19N5O.C3H9N/c1-19(2)16-10-6-5-9-15(16)18-14-8-4-3-7-13(14)11-12-17(18)19;1-13(2)12-7(6-14)4-3-5-11-8(9)10;1-4(2)3/h3-12H,1-2H3;6-7,12H,3-5H2,1-2H3,(H4,9,10,11);1-3H3/t;7-;/m.0./s1. The Labute approximate surface area is 222 Å². The van der Waals surface area contributed by atoms with Crippen molar-refractivity contribution in [1.82, 2.24) is 15.3 Å². The van der Waals surface area contributed by atoms with Crippen LogP contribution in [0.5, 0.6) is 0 Å². The van der Waals surface area contributed by atoms with Gasteiger partial charge in [0.15, 0.2) is 5.96 Å². The van der Waals surface area contributed by atoms with Gasteiger partial charge in [0, 0.05) is 26.1 Å². The lowest BCUT2D eigenvalue weighted by Gasteiger charge is -2.21. The number of fused-ring (bicyclic) bond motifs is 5. The quantitative estimate of drug-likeness (QED) is 0.148. The molecule has 200 valence electrons. The van der Waals surface area contributed by atoms with Crippen molar-refractivity contribution in [3.05, 3.63) is 71.8 Å². The van der Waals surface area contributed by atoms with Crippen LogP contribution in [0.1, 0.15) is 37.8 Å². The SMILES string of the molecule is CC1(C)c2ccccc2-c2c1ccc1ccccc21.CN(C)C.CN(C)N[C@H](C=O)CCCN=C(N)N. The van der Waals surface area contributed by atoms with Crippen molar-refractivity contribution in [2.75, 3.05) is 41.8 Å². The third kappa shape index (κ3) is 8.39. The van der Waals surface area contributed by atoms with Gasteiger partial charge in [0.1, 0.15) is 6.29 Å². The van der Waals surface area contributed by atoms with Crippen molar-refractivity contribution in [3.63, 3.8) is 0 Å². The number of nitrogens with one attached hydrogen (secondary N) is 1. The maximum Gasteiger partial charge on any atom is 0.185 e. The molecule has 4 rings (SSSR count). The molecule has 1 aliphatic carbocycles. The van der Waals surface area contributed by atoms with Gasteiger partial charge in [-0.3, -0.25) is 4.99 Å². The molecule has 0 unspecified atom stereocenters. The Morgan fingerprint density at radius 3 is 2.19 bits per heavy atom. The van der Waals surface area contributed by atoms with Crippen molar-refractivity contribution < 1.29 is 4.79 Å². The summed E-state index contributed by atoms with van der Waals surface area (Å²) in [7, 11) is 9.68. The van der Waals surface area contributed by atoms with Gasteiger partial charge in [-0.05, 0) is 67.0 Å². The fraction of sp³-hybridized carbons (Fsp3) is 0.400. The van der Waals surface area contributed by atoms with Crippen LogP contribution in [0.15, 0.2) is 65.7 Å². The van der Waals surface area contributed by atoms with Crippen molar-refractivity contribution in [2.45, 2.75) is 38.1 Å². The highest BCUT2D eigenvalue weighted by molar-refractivity contribution is 6.02. The zero-order chi connectivity index (χ0) is 27.6. The average molecular weight is 505 g/mol. The Balaban J connectivity index is 0.000000238. The molecular weight excluding hydrogens is 460 g/mol. The van der Waals surface area contributed by atoms with Gasteiger partial charge in [0.25, 0.3) is 0 Å². The molecule has 1 atom stereocenters. The van der Waals surface area contributed by atoms with E-state index in [1.54, 1.807) is 5.01 Å². The van der Waals surface area contributed by atoms with Crippen molar-refractivity contribution >= 4 is 23.0 Å². The number of nitrogens with zero attached hydrogens (tertiary/aromatic N) is 3. The maximum absolute atomic E-state index is 10.6. The minimum absolute atomic E-state index is 0.0909. The van der Waals surface area contributed by atoms with E-state index in [4.69, 9.17) is 11.5 Å². The van der Waals surface area contributed by atoms with Crippen molar-refractivity contribution in [3.8, 4) is 11.1 Å². The zero-order valence-corrected chi connectivity index (χ0v) is 23.5. The number of nitrogens with two attached hydrogens (primary N) is 2. The molecule has 3 aromatic carbocycles. The molecule has 7 nitrogen and oxygen atoms in total. The number of carbonyl (C=O) groups is 1. The first-order valence-corrected chi connectivity index (χ1v) is 12.7. The van der Waals surface area contributed by atoms with Crippen LogP contribution in [0.3, 0.4) is 0 Å². The second kappa shape index (κ2) is 13.9. The summed E-state index contributed by atoms with van der Waals surface area (Å²) in [5, 5.41) is 4.45. The van der Waals surface area contributed by atoms with Gasteiger partial charge in [0.2, 0.25) is 0 Å². The van der Waals surface area contributed by atoms with Crippen LogP contribution in [0.25, 0.3) is 21.9 Å². The lowest BCUT2D eigenvalue weighted by atomic mass is 9.82. The van der Waals surface area contributed by atoms with Gasteiger partial charge in [-0.15, -0.1) is 0 Å². The Morgan fingerprint density at radius 2 is 1.57 bits per heavy atom. The van der Waals surface area contributed by atoms with Crippen LogP contribution in [-0.2, 0) is 10.2 Å². The van der Waals surface area contributed by atoms with E-state index in [0.717, 1.165) is 19.1 Å². The molecular formula is C30H44N6O. The van der Waals surface area contributed by atoms with Crippen molar-refractivity contribution in [2.24, 2.45) is 16.5 Å². The highest BCUT2D eigenvalue weighted by Crippen LogP contribution is 2.50. The summed E-state index contributed by atoms with van der Waals surface area (Å²) >= 11 is 0. The van der Waals surface area contributed by atoms with E-state index < -0.39 is 0 Å². The first kappa shape index (κ1) is 30.0. The number of rotatable bonds is 7. The molecule has 0 heterocycles. The van der Waals surface area contributed by atoms with Gasteiger partial charge in [-0.2, -0.15) is 0 Å². The van der Waals surface area contributed by atoms with E-state index in [1.807, 2.05) is 40.1 Å². The normalized spacial score (nSPS) is 13.5.